The van der Waals surface area contributed by atoms with E-state index < -0.39 is 0 Å². The predicted molar refractivity (Wildman–Crippen MR) is 82.4 cm³/mol. The van der Waals surface area contributed by atoms with Gasteiger partial charge in [0, 0.05) is 24.7 Å². The summed E-state index contributed by atoms with van der Waals surface area (Å²) in [6, 6.07) is 4.93. The van der Waals surface area contributed by atoms with Gasteiger partial charge in [0.05, 0.1) is 6.42 Å². The SMILES string of the molecule is CN(C(=O)Cc1ccc(O)cc1Cl)C1CCC(CO)CC1. The number of nitrogens with zero attached hydrogens (tertiary/aromatic N) is 1. The van der Waals surface area contributed by atoms with Crippen LogP contribution in [0.5, 0.6) is 5.75 Å². The average Bonchev–Trinajstić information content (AvgIpc) is 2.49. The normalized spacial score (nSPS) is 22.0. The first-order valence-electron chi connectivity index (χ1n) is 7.35. The second kappa shape index (κ2) is 7.14. The Hall–Kier alpha value is -1.26. The number of carbonyl (C=O) groups is 1. The molecule has 0 heterocycles. The third-order valence-electron chi connectivity index (χ3n) is 4.39. The number of rotatable bonds is 4. The molecule has 2 N–H and O–H groups in total. The smallest absolute Gasteiger partial charge is 0.227 e. The van der Waals surface area contributed by atoms with E-state index in [4.69, 9.17) is 16.7 Å². The Morgan fingerprint density at radius 3 is 2.57 bits per heavy atom. The number of halogens is 1. The zero-order valence-electron chi connectivity index (χ0n) is 12.3. The zero-order chi connectivity index (χ0) is 15.4. The van der Waals surface area contributed by atoms with E-state index in [1.165, 1.54) is 6.07 Å². The third kappa shape index (κ3) is 4.11. The van der Waals surface area contributed by atoms with Gasteiger partial charge in [-0.3, -0.25) is 4.79 Å². The fourth-order valence-electron chi connectivity index (χ4n) is 2.89. The number of aromatic hydroxyl groups is 1. The molecule has 2 rings (SSSR count). The van der Waals surface area contributed by atoms with Crippen molar-refractivity contribution in [3.05, 3.63) is 28.8 Å². The average molecular weight is 312 g/mol. The van der Waals surface area contributed by atoms with Crippen LogP contribution in [0.3, 0.4) is 0 Å². The first-order valence-corrected chi connectivity index (χ1v) is 7.73. The van der Waals surface area contributed by atoms with Gasteiger partial charge in [0.15, 0.2) is 0 Å². The highest BCUT2D eigenvalue weighted by Gasteiger charge is 2.26. The van der Waals surface area contributed by atoms with Crippen LogP contribution in [0.4, 0.5) is 0 Å². The summed E-state index contributed by atoms with van der Waals surface area (Å²) in [6.45, 7) is 0.244. The van der Waals surface area contributed by atoms with Crippen molar-refractivity contribution in [1.82, 2.24) is 4.90 Å². The van der Waals surface area contributed by atoms with Crippen LogP contribution >= 0.6 is 11.6 Å². The molecular formula is C16H22ClNO3. The molecule has 5 heteroatoms. The Balaban J connectivity index is 1.93. The first kappa shape index (κ1) is 16.1. The minimum atomic E-state index is 0.0371. The molecule has 1 aliphatic carbocycles. The number of aliphatic hydroxyl groups excluding tert-OH is 1. The number of hydrogen-bond donors (Lipinski definition) is 2. The van der Waals surface area contributed by atoms with Crippen molar-refractivity contribution in [2.75, 3.05) is 13.7 Å². The summed E-state index contributed by atoms with van der Waals surface area (Å²) in [7, 11) is 1.83. The highest BCUT2D eigenvalue weighted by Crippen LogP contribution is 2.28. The van der Waals surface area contributed by atoms with E-state index in [0.717, 1.165) is 31.2 Å². The van der Waals surface area contributed by atoms with Crippen LogP contribution in [0, 0.1) is 5.92 Å². The number of amides is 1. The van der Waals surface area contributed by atoms with Crippen LogP contribution in [0.25, 0.3) is 0 Å². The maximum absolute atomic E-state index is 12.4. The second-order valence-corrected chi connectivity index (χ2v) is 6.22. The number of hydrogen-bond acceptors (Lipinski definition) is 3. The second-order valence-electron chi connectivity index (χ2n) is 5.81. The van der Waals surface area contributed by atoms with E-state index in [9.17, 15) is 9.90 Å². The van der Waals surface area contributed by atoms with E-state index in [0.29, 0.717) is 10.9 Å². The molecule has 0 unspecified atom stereocenters. The molecule has 4 nitrogen and oxygen atoms in total. The van der Waals surface area contributed by atoms with E-state index >= 15 is 0 Å². The molecule has 0 aromatic heterocycles. The summed E-state index contributed by atoms with van der Waals surface area (Å²) < 4.78 is 0. The Kier molecular flexibility index (Phi) is 5.48. The molecule has 0 bridgehead atoms. The van der Waals surface area contributed by atoms with Crippen LogP contribution in [0.2, 0.25) is 5.02 Å². The quantitative estimate of drug-likeness (QED) is 0.898. The minimum Gasteiger partial charge on any atom is -0.508 e. The Morgan fingerprint density at radius 1 is 1.33 bits per heavy atom. The van der Waals surface area contributed by atoms with E-state index in [2.05, 4.69) is 0 Å². The summed E-state index contributed by atoms with van der Waals surface area (Å²) in [4.78, 5) is 14.2. The largest absolute Gasteiger partial charge is 0.508 e. The van der Waals surface area contributed by atoms with Crippen molar-refractivity contribution in [3.63, 3.8) is 0 Å². The van der Waals surface area contributed by atoms with Crippen LogP contribution in [0.1, 0.15) is 31.2 Å². The number of benzene rings is 1. The molecule has 116 valence electrons. The molecule has 0 aliphatic heterocycles. The number of phenolic OH excluding ortho intramolecular Hbond substituents is 1. The van der Waals surface area contributed by atoms with Gasteiger partial charge in [-0.2, -0.15) is 0 Å². The maximum atomic E-state index is 12.4. The lowest BCUT2D eigenvalue weighted by molar-refractivity contribution is -0.132. The van der Waals surface area contributed by atoms with Gasteiger partial charge in [0.2, 0.25) is 5.91 Å². The number of phenols is 1. The Labute approximate surface area is 130 Å². The Bertz CT molecular complexity index is 498. The molecule has 1 saturated carbocycles. The van der Waals surface area contributed by atoms with Crippen molar-refractivity contribution < 1.29 is 15.0 Å². The van der Waals surface area contributed by atoms with Crippen LogP contribution in [-0.2, 0) is 11.2 Å². The first-order chi connectivity index (χ1) is 10.0. The monoisotopic (exact) mass is 311 g/mol. The van der Waals surface area contributed by atoms with Crippen molar-refractivity contribution in [2.24, 2.45) is 5.92 Å². The summed E-state index contributed by atoms with van der Waals surface area (Å²) in [5.74, 6) is 0.526. The molecule has 0 spiro atoms. The van der Waals surface area contributed by atoms with Gasteiger partial charge in [-0.25, -0.2) is 0 Å². The van der Waals surface area contributed by atoms with Gasteiger partial charge in [-0.05, 0) is 49.3 Å². The summed E-state index contributed by atoms with van der Waals surface area (Å²) in [5, 5.41) is 18.9. The minimum absolute atomic E-state index is 0.0371. The summed E-state index contributed by atoms with van der Waals surface area (Å²) in [6.07, 6.45) is 4.07. The molecule has 1 aromatic rings. The highest BCUT2D eigenvalue weighted by molar-refractivity contribution is 6.31. The predicted octanol–water partition coefficient (Wildman–Crippen LogP) is 2.60. The molecule has 1 aromatic carbocycles. The van der Waals surface area contributed by atoms with Gasteiger partial charge in [0.1, 0.15) is 5.75 Å². The van der Waals surface area contributed by atoms with Gasteiger partial charge in [-0.1, -0.05) is 17.7 Å². The molecule has 1 aliphatic rings. The molecule has 21 heavy (non-hydrogen) atoms. The fourth-order valence-corrected chi connectivity index (χ4v) is 3.13. The molecule has 1 fully saturated rings. The number of likely N-dealkylation sites (N-methyl/N-ethyl adjacent to an activating group) is 1. The van der Waals surface area contributed by atoms with E-state index in [-0.39, 0.29) is 30.7 Å². The van der Waals surface area contributed by atoms with Crippen LogP contribution in [-0.4, -0.2) is 40.7 Å². The third-order valence-corrected chi connectivity index (χ3v) is 4.75. The topological polar surface area (TPSA) is 60.8 Å². The molecular weight excluding hydrogens is 290 g/mol. The lowest BCUT2D eigenvalue weighted by Crippen LogP contribution is -2.40. The van der Waals surface area contributed by atoms with Gasteiger partial charge >= 0.3 is 0 Å². The van der Waals surface area contributed by atoms with E-state index in [1.54, 1.807) is 17.0 Å². The maximum Gasteiger partial charge on any atom is 0.227 e. The number of carbonyl (C=O) groups excluding carboxylic acids is 1. The van der Waals surface area contributed by atoms with Crippen molar-refractivity contribution in [2.45, 2.75) is 38.1 Å². The summed E-state index contributed by atoms with van der Waals surface area (Å²) in [5.41, 5.74) is 0.732. The number of aliphatic hydroxyl groups is 1. The van der Waals surface area contributed by atoms with Gasteiger partial charge in [0.25, 0.3) is 0 Å². The zero-order valence-corrected chi connectivity index (χ0v) is 13.0. The fraction of sp³-hybridized carbons (Fsp3) is 0.562. The summed E-state index contributed by atoms with van der Waals surface area (Å²) >= 11 is 6.04. The lowest BCUT2D eigenvalue weighted by Gasteiger charge is -2.34. The van der Waals surface area contributed by atoms with Crippen LogP contribution < -0.4 is 0 Å². The van der Waals surface area contributed by atoms with Crippen molar-refractivity contribution in [3.8, 4) is 5.75 Å². The van der Waals surface area contributed by atoms with Crippen LogP contribution in [0.15, 0.2) is 18.2 Å². The lowest BCUT2D eigenvalue weighted by atomic mass is 9.86. The molecule has 0 saturated heterocycles. The molecule has 0 radical (unpaired) electrons. The Morgan fingerprint density at radius 2 is 2.00 bits per heavy atom. The van der Waals surface area contributed by atoms with Gasteiger partial charge in [-0.15, -0.1) is 0 Å². The van der Waals surface area contributed by atoms with E-state index in [1.807, 2.05) is 7.05 Å². The molecule has 0 atom stereocenters. The molecule has 1 amide bonds. The van der Waals surface area contributed by atoms with Gasteiger partial charge < -0.3 is 15.1 Å². The van der Waals surface area contributed by atoms with Crippen molar-refractivity contribution >= 4 is 17.5 Å². The van der Waals surface area contributed by atoms with Crippen molar-refractivity contribution in [1.29, 1.82) is 0 Å². The highest BCUT2D eigenvalue weighted by atomic mass is 35.5. The standard InChI is InChI=1S/C16H22ClNO3/c1-18(13-5-2-11(10-19)3-6-13)16(21)8-12-4-7-14(20)9-15(12)17/h4,7,9,11,13,19-20H,2-3,5-6,8,10H2,1H3.